The maximum absolute atomic E-state index is 13.0. The highest BCUT2D eigenvalue weighted by Gasteiger charge is 2.71. The molecule has 1 heterocycles. The van der Waals surface area contributed by atoms with Gasteiger partial charge in [-0.15, -0.1) is 0 Å². The van der Waals surface area contributed by atoms with E-state index in [0.717, 1.165) is 36.7 Å². The fraction of sp³-hybridized carbons (Fsp3) is 0.967. The highest BCUT2D eigenvalue weighted by atomic mass is 16.5. The molecule has 0 amide bonds. The molecule has 0 aromatic carbocycles. The van der Waals surface area contributed by atoms with Crippen LogP contribution in [-0.4, -0.2) is 18.5 Å². The van der Waals surface area contributed by atoms with Crippen LogP contribution in [0, 0.1) is 62.6 Å². The number of carbonyl (C=O) groups excluding carboxylic acids is 1. The van der Waals surface area contributed by atoms with Crippen LogP contribution in [0.25, 0.3) is 0 Å². The van der Waals surface area contributed by atoms with Gasteiger partial charge in [-0.05, 0) is 109 Å². The third-order valence-electron chi connectivity index (χ3n) is 13.6. The fourth-order valence-electron chi connectivity index (χ4n) is 11.4. The van der Waals surface area contributed by atoms with Gasteiger partial charge in [-0.25, -0.2) is 0 Å². The molecule has 6 aliphatic rings. The molecule has 5 saturated carbocycles. The summed E-state index contributed by atoms with van der Waals surface area (Å²) >= 11 is 0. The Morgan fingerprint density at radius 3 is 2.19 bits per heavy atom. The average Bonchev–Trinajstić information content (AvgIpc) is 3.05. The Bertz CT molecular complexity index is 827. The molecule has 10 atom stereocenters. The van der Waals surface area contributed by atoms with E-state index in [-0.39, 0.29) is 5.41 Å². The summed E-state index contributed by atoms with van der Waals surface area (Å²) in [6.07, 6.45) is 12.2. The first kappa shape index (κ1) is 22.1. The van der Waals surface area contributed by atoms with Crippen LogP contribution in [0.5, 0.6) is 0 Å². The molecular weight excluding hydrogens is 392 g/mol. The van der Waals surface area contributed by atoms with Crippen LogP contribution in [-0.2, 0) is 9.53 Å². The van der Waals surface area contributed by atoms with Gasteiger partial charge in [0.2, 0.25) is 0 Å². The van der Waals surface area contributed by atoms with Gasteiger partial charge in [0.15, 0.2) is 0 Å². The SMILES string of the molecule is CC1CC(=O)C(C)(C)[C@@H]2CC[C@]3(C)[C@H](CC[C@@H]4[C@H]5[C@@H]6OCC5(CCC6(C)C)CC[C@]43C)C12. The number of rotatable bonds is 0. The second-order valence-electron chi connectivity index (χ2n) is 15.3. The van der Waals surface area contributed by atoms with Crippen LogP contribution in [0.4, 0.5) is 0 Å². The predicted molar refractivity (Wildman–Crippen MR) is 129 cm³/mol. The minimum atomic E-state index is -0.118. The van der Waals surface area contributed by atoms with Crippen LogP contribution in [0.1, 0.15) is 106 Å². The first-order valence-corrected chi connectivity index (χ1v) is 14.0. The molecule has 0 N–H and O–H groups in total. The Kier molecular flexibility index (Phi) is 4.45. The molecule has 180 valence electrons. The smallest absolute Gasteiger partial charge is 0.139 e. The van der Waals surface area contributed by atoms with Crippen molar-refractivity contribution in [2.45, 2.75) is 112 Å². The van der Waals surface area contributed by atoms with E-state index in [9.17, 15) is 4.79 Å². The average molecular weight is 441 g/mol. The van der Waals surface area contributed by atoms with Crippen LogP contribution in [0.2, 0.25) is 0 Å². The molecule has 2 bridgehead atoms. The maximum atomic E-state index is 13.0. The largest absolute Gasteiger partial charge is 0.377 e. The molecule has 0 radical (unpaired) electrons. The lowest BCUT2D eigenvalue weighted by atomic mass is 9.33. The molecule has 3 unspecified atom stereocenters. The second-order valence-corrected chi connectivity index (χ2v) is 15.3. The van der Waals surface area contributed by atoms with E-state index in [1.807, 2.05) is 0 Å². The van der Waals surface area contributed by atoms with Gasteiger partial charge in [0.25, 0.3) is 0 Å². The van der Waals surface area contributed by atoms with Crippen molar-refractivity contribution in [2.24, 2.45) is 62.6 Å². The molecule has 2 heteroatoms. The molecule has 2 nitrogen and oxygen atoms in total. The third kappa shape index (κ3) is 2.45. The number of Topliss-reactive ketones (excluding diaryl/α,β-unsaturated/α-hetero) is 1. The van der Waals surface area contributed by atoms with Gasteiger partial charge in [-0.3, -0.25) is 4.79 Å². The molecule has 0 spiro atoms. The lowest BCUT2D eigenvalue weighted by Gasteiger charge is -2.71. The molecule has 32 heavy (non-hydrogen) atoms. The van der Waals surface area contributed by atoms with Gasteiger partial charge in [0, 0.05) is 11.8 Å². The Morgan fingerprint density at radius 1 is 0.781 bits per heavy atom. The van der Waals surface area contributed by atoms with Gasteiger partial charge >= 0.3 is 0 Å². The van der Waals surface area contributed by atoms with Gasteiger partial charge < -0.3 is 4.74 Å². The molecule has 1 aliphatic heterocycles. The van der Waals surface area contributed by atoms with Crippen molar-refractivity contribution >= 4 is 5.78 Å². The predicted octanol–water partition coefficient (Wildman–Crippen LogP) is 7.30. The third-order valence-corrected chi connectivity index (χ3v) is 13.6. The van der Waals surface area contributed by atoms with E-state index in [0.29, 0.717) is 45.4 Å². The first-order valence-electron chi connectivity index (χ1n) is 14.0. The maximum Gasteiger partial charge on any atom is 0.139 e. The topological polar surface area (TPSA) is 26.3 Å². The molecule has 0 aromatic heterocycles. The van der Waals surface area contributed by atoms with E-state index in [4.69, 9.17) is 4.74 Å². The molecular formula is C30H48O2. The highest BCUT2D eigenvalue weighted by Crippen LogP contribution is 2.76. The first-order chi connectivity index (χ1) is 14.9. The summed E-state index contributed by atoms with van der Waals surface area (Å²) < 4.78 is 6.70. The van der Waals surface area contributed by atoms with E-state index in [1.54, 1.807) is 0 Å². The van der Waals surface area contributed by atoms with Crippen LogP contribution in [0.15, 0.2) is 0 Å². The van der Waals surface area contributed by atoms with E-state index in [1.165, 1.54) is 51.4 Å². The van der Waals surface area contributed by atoms with Gasteiger partial charge in [0.1, 0.15) is 5.78 Å². The fourth-order valence-corrected chi connectivity index (χ4v) is 11.4. The lowest BCUT2D eigenvalue weighted by molar-refractivity contribution is -0.223. The molecule has 6 fully saturated rings. The standard InChI is InChI=1S/C30H48O2/c1-18-16-22(31)27(4,5)19-10-11-28(6)20(23(18)19)8-9-21-24-25-26(2,3)12-14-30(24,17-32-25)15-13-29(21,28)7/h18-21,23-25H,8-17H2,1-7H3/t18?,19-,20-,21-,23?,24+,25+,28-,29-,30?/m1/s1. The number of ketones is 1. The summed E-state index contributed by atoms with van der Waals surface area (Å²) in [7, 11) is 0. The number of hydrogen-bond donors (Lipinski definition) is 0. The Morgan fingerprint density at radius 2 is 1.44 bits per heavy atom. The summed E-state index contributed by atoms with van der Waals surface area (Å²) in [6.45, 7) is 18.4. The van der Waals surface area contributed by atoms with Crippen molar-refractivity contribution in [3.8, 4) is 0 Å². The second kappa shape index (κ2) is 6.44. The van der Waals surface area contributed by atoms with Gasteiger partial charge in [-0.1, -0.05) is 48.5 Å². The van der Waals surface area contributed by atoms with Crippen molar-refractivity contribution in [3.63, 3.8) is 0 Å². The summed E-state index contributed by atoms with van der Waals surface area (Å²) in [5.41, 5.74) is 1.55. The summed E-state index contributed by atoms with van der Waals surface area (Å²) in [5.74, 6) is 4.85. The van der Waals surface area contributed by atoms with Crippen molar-refractivity contribution < 1.29 is 9.53 Å². The number of carbonyl (C=O) groups is 1. The normalized spacial score (nSPS) is 57.7. The van der Waals surface area contributed by atoms with Crippen molar-refractivity contribution in [1.82, 2.24) is 0 Å². The van der Waals surface area contributed by atoms with E-state index >= 15 is 0 Å². The van der Waals surface area contributed by atoms with Crippen LogP contribution < -0.4 is 0 Å². The Labute approximate surface area is 197 Å². The minimum Gasteiger partial charge on any atom is -0.377 e. The lowest BCUT2D eigenvalue weighted by Crippen LogP contribution is -2.66. The van der Waals surface area contributed by atoms with E-state index < -0.39 is 0 Å². The summed E-state index contributed by atoms with van der Waals surface area (Å²) in [4.78, 5) is 13.0. The van der Waals surface area contributed by atoms with Crippen molar-refractivity contribution in [1.29, 1.82) is 0 Å². The molecule has 0 aromatic rings. The Hall–Kier alpha value is -0.370. The monoisotopic (exact) mass is 440 g/mol. The zero-order valence-corrected chi connectivity index (χ0v) is 21.9. The highest BCUT2D eigenvalue weighted by molar-refractivity contribution is 5.85. The summed E-state index contributed by atoms with van der Waals surface area (Å²) in [6, 6.07) is 0. The quantitative estimate of drug-likeness (QED) is 0.395. The van der Waals surface area contributed by atoms with Crippen molar-refractivity contribution in [3.05, 3.63) is 0 Å². The summed E-state index contributed by atoms with van der Waals surface area (Å²) in [5, 5.41) is 0. The number of ether oxygens (including phenoxy) is 1. The van der Waals surface area contributed by atoms with Gasteiger partial charge in [0.05, 0.1) is 12.7 Å². The number of fused-ring (bicyclic) bond motifs is 5. The zero-order valence-electron chi connectivity index (χ0n) is 21.9. The molecule has 1 saturated heterocycles. The molecule has 5 aliphatic carbocycles. The van der Waals surface area contributed by atoms with Gasteiger partial charge in [-0.2, -0.15) is 0 Å². The zero-order chi connectivity index (χ0) is 22.9. The van der Waals surface area contributed by atoms with Crippen LogP contribution >= 0.6 is 0 Å². The Balaban J connectivity index is 1.39. The minimum absolute atomic E-state index is 0.118. The van der Waals surface area contributed by atoms with Crippen molar-refractivity contribution in [2.75, 3.05) is 6.61 Å². The molecule has 6 rings (SSSR count). The van der Waals surface area contributed by atoms with E-state index in [2.05, 4.69) is 48.5 Å². The van der Waals surface area contributed by atoms with Crippen LogP contribution in [0.3, 0.4) is 0 Å². The number of hydrogen-bond acceptors (Lipinski definition) is 2.